The zero-order valence-electron chi connectivity index (χ0n) is 20.1. The van der Waals surface area contributed by atoms with Crippen LogP contribution in [0, 0.1) is 0 Å². The lowest BCUT2D eigenvalue weighted by Gasteiger charge is -2.35. The summed E-state index contributed by atoms with van der Waals surface area (Å²) in [6.07, 6.45) is 7.23. The number of nitrogens with one attached hydrogen (secondary N) is 1. The molecule has 2 aliphatic rings. The molecule has 0 atom stereocenters. The van der Waals surface area contributed by atoms with E-state index in [1.165, 1.54) is 25.5 Å². The predicted molar refractivity (Wildman–Crippen MR) is 149 cm³/mol. The van der Waals surface area contributed by atoms with Gasteiger partial charge in [0.15, 0.2) is 5.11 Å². The van der Waals surface area contributed by atoms with Gasteiger partial charge in [-0.3, -0.25) is 14.5 Å². The van der Waals surface area contributed by atoms with Crippen LogP contribution in [0.3, 0.4) is 0 Å². The second kappa shape index (κ2) is 9.02. The Balaban J connectivity index is 1.47. The van der Waals surface area contributed by atoms with E-state index < -0.39 is 0 Å². The molecule has 2 heterocycles. The molecule has 1 saturated carbocycles. The molecule has 1 aromatic heterocycles. The van der Waals surface area contributed by atoms with Crippen LogP contribution in [0.1, 0.15) is 32.1 Å². The molecule has 182 valence electrons. The van der Waals surface area contributed by atoms with E-state index in [2.05, 4.69) is 21.9 Å². The number of hydrogen-bond donors (Lipinski definition) is 1. The van der Waals surface area contributed by atoms with Gasteiger partial charge in [-0.1, -0.05) is 55.7 Å². The highest BCUT2D eigenvalue weighted by Crippen LogP contribution is 2.39. The molecule has 0 bridgehead atoms. The van der Waals surface area contributed by atoms with Crippen molar-refractivity contribution in [3.63, 3.8) is 0 Å². The molecule has 0 unspecified atom stereocenters. The van der Waals surface area contributed by atoms with Crippen molar-refractivity contribution < 1.29 is 4.79 Å². The molecule has 0 radical (unpaired) electrons. The number of carbonyl (C=O) groups excluding carboxylic acids is 1. The summed E-state index contributed by atoms with van der Waals surface area (Å²) >= 11 is 5.94. The van der Waals surface area contributed by atoms with Crippen molar-refractivity contribution >= 4 is 62.1 Å². The average Bonchev–Trinajstić information content (AvgIpc) is 3.20. The van der Waals surface area contributed by atoms with E-state index in [1.807, 2.05) is 59.5 Å². The van der Waals surface area contributed by atoms with Gasteiger partial charge in [0.25, 0.3) is 11.5 Å². The summed E-state index contributed by atoms with van der Waals surface area (Å²) in [5, 5.41) is 2.46. The Labute approximate surface area is 214 Å². The molecule has 4 aromatic rings. The van der Waals surface area contributed by atoms with Crippen molar-refractivity contribution in [3.05, 3.63) is 71.1 Å². The molecule has 1 aliphatic carbocycles. The summed E-state index contributed by atoms with van der Waals surface area (Å²) in [6, 6.07) is 18.2. The SMILES string of the molecule is CN(c1cc2ncc(=O)[nH]c2cc1N1CC(=O)N(c2cccc3ccccc23)C1=S)C1CCCCC1. The van der Waals surface area contributed by atoms with Gasteiger partial charge < -0.3 is 14.8 Å². The van der Waals surface area contributed by atoms with Crippen LogP contribution in [0.15, 0.2) is 65.6 Å². The third kappa shape index (κ3) is 3.82. The van der Waals surface area contributed by atoms with E-state index in [0.29, 0.717) is 22.2 Å². The number of H-pyrrole nitrogens is 1. The zero-order chi connectivity index (χ0) is 24.8. The highest BCUT2D eigenvalue weighted by Gasteiger charge is 2.37. The third-order valence-electron chi connectivity index (χ3n) is 7.44. The molecule has 1 aliphatic heterocycles. The van der Waals surface area contributed by atoms with Crippen LogP contribution in [0.25, 0.3) is 21.8 Å². The number of thiocarbonyl (C=S) groups is 1. The first kappa shape index (κ1) is 22.7. The number of aromatic nitrogens is 2. The Morgan fingerprint density at radius 3 is 2.61 bits per heavy atom. The molecule has 8 heteroatoms. The number of amides is 1. The molecule has 7 nitrogen and oxygen atoms in total. The van der Waals surface area contributed by atoms with Gasteiger partial charge in [0.2, 0.25) is 0 Å². The number of fused-ring (bicyclic) bond motifs is 2. The normalized spacial score (nSPS) is 16.9. The van der Waals surface area contributed by atoms with Crippen molar-refractivity contribution in [1.82, 2.24) is 9.97 Å². The molecular weight excluding hydrogens is 470 g/mol. The van der Waals surface area contributed by atoms with Crippen LogP contribution in [-0.4, -0.2) is 40.6 Å². The number of carbonyl (C=O) groups is 1. The summed E-state index contributed by atoms with van der Waals surface area (Å²) in [5.74, 6) is -0.0811. The van der Waals surface area contributed by atoms with E-state index in [0.717, 1.165) is 40.7 Å². The fourth-order valence-corrected chi connectivity index (χ4v) is 5.92. The van der Waals surface area contributed by atoms with Gasteiger partial charge >= 0.3 is 0 Å². The van der Waals surface area contributed by atoms with E-state index in [4.69, 9.17) is 12.2 Å². The topological polar surface area (TPSA) is 72.5 Å². The summed E-state index contributed by atoms with van der Waals surface area (Å²) in [6.45, 7) is 0.129. The minimum absolute atomic E-state index is 0.0811. The number of nitrogens with zero attached hydrogens (tertiary/aromatic N) is 4. The van der Waals surface area contributed by atoms with Crippen molar-refractivity contribution in [2.45, 2.75) is 38.1 Å². The van der Waals surface area contributed by atoms with Crippen molar-refractivity contribution in [2.75, 3.05) is 28.3 Å². The first-order valence-electron chi connectivity index (χ1n) is 12.4. The molecule has 1 saturated heterocycles. The molecule has 36 heavy (non-hydrogen) atoms. The van der Waals surface area contributed by atoms with Crippen LogP contribution in [0.2, 0.25) is 0 Å². The van der Waals surface area contributed by atoms with Crippen LogP contribution >= 0.6 is 12.2 Å². The van der Waals surface area contributed by atoms with Crippen molar-refractivity contribution in [3.8, 4) is 0 Å². The lowest BCUT2D eigenvalue weighted by atomic mass is 9.94. The zero-order valence-corrected chi connectivity index (χ0v) is 20.9. The molecule has 1 N–H and O–H groups in total. The smallest absolute Gasteiger partial charge is 0.266 e. The largest absolute Gasteiger partial charge is 0.370 e. The maximum absolute atomic E-state index is 13.4. The highest BCUT2D eigenvalue weighted by atomic mass is 32.1. The molecule has 2 fully saturated rings. The summed E-state index contributed by atoms with van der Waals surface area (Å²) < 4.78 is 0. The monoisotopic (exact) mass is 497 g/mol. The Kier molecular flexibility index (Phi) is 5.68. The minimum atomic E-state index is -0.265. The van der Waals surface area contributed by atoms with Gasteiger partial charge in [-0.2, -0.15) is 0 Å². The van der Waals surface area contributed by atoms with Crippen molar-refractivity contribution in [2.24, 2.45) is 0 Å². The molecule has 3 aromatic carbocycles. The first-order valence-corrected chi connectivity index (χ1v) is 12.8. The van der Waals surface area contributed by atoms with E-state index in [-0.39, 0.29) is 18.0 Å². The molecule has 0 spiro atoms. The van der Waals surface area contributed by atoms with Gasteiger partial charge in [0.1, 0.15) is 6.54 Å². The van der Waals surface area contributed by atoms with Crippen LogP contribution in [0.4, 0.5) is 17.1 Å². The Morgan fingerprint density at radius 1 is 1.00 bits per heavy atom. The number of rotatable bonds is 4. The fraction of sp³-hybridized carbons (Fsp3) is 0.286. The summed E-state index contributed by atoms with van der Waals surface area (Å²) in [5.41, 5.74) is 3.61. The first-order chi connectivity index (χ1) is 17.5. The van der Waals surface area contributed by atoms with Gasteiger partial charge in [-0.05, 0) is 48.6 Å². The minimum Gasteiger partial charge on any atom is -0.370 e. The number of hydrogen-bond acceptors (Lipinski definition) is 5. The second-order valence-electron chi connectivity index (χ2n) is 9.60. The summed E-state index contributed by atoms with van der Waals surface area (Å²) in [4.78, 5) is 38.5. The second-order valence-corrected chi connectivity index (χ2v) is 9.97. The van der Waals surface area contributed by atoms with E-state index in [1.54, 1.807) is 4.90 Å². The molecule has 6 rings (SSSR count). The van der Waals surface area contributed by atoms with E-state index >= 15 is 0 Å². The average molecular weight is 498 g/mol. The Morgan fingerprint density at radius 2 is 1.78 bits per heavy atom. The lowest BCUT2D eigenvalue weighted by molar-refractivity contribution is -0.115. The fourth-order valence-electron chi connectivity index (χ4n) is 5.56. The predicted octanol–water partition coefficient (Wildman–Crippen LogP) is 4.98. The maximum Gasteiger partial charge on any atom is 0.266 e. The number of anilines is 3. The Bertz CT molecular complexity index is 1550. The lowest BCUT2D eigenvalue weighted by Crippen LogP contribution is -2.36. The van der Waals surface area contributed by atoms with Crippen LogP contribution in [0.5, 0.6) is 0 Å². The van der Waals surface area contributed by atoms with Gasteiger partial charge in [-0.25, -0.2) is 4.98 Å². The molecular formula is C28H27N5O2S. The standard InChI is InChI=1S/C28H27N5O2S/c1-31(19-10-3-2-4-11-19)24-14-21-22(30-26(34)16-29-21)15-25(24)32-17-27(35)33(28(32)36)23-13-7-9-18-8-5-6-12-20(18)23/h5-9,12-16,19H,2-4,10-11,17H2,1H3,(H,30,34). The Hall–Kier alpha value is -3.78. The van der Waals surface area contributed by atoms with Crippen LogP contribution in [-0.2, 0) is 4.79 Å². The highest BCUT2D eigenvalue weighted by molar-refractivity contribution is 7.81. The van der Waals surface area contributed by atoms with Gasteiger partial charge in [-0.15, -0.1) is 0 Å². The number of aromatic amines is 1. The third-order valence-corrected chi connectivity index (χ3v) is 7.84. The molecule has 1 amide bonds. The van der Waals surface area contributed by atoms with Crippen LogP contribution < -0.4 is 20.3 Å². The van der Waals surface area contributed by atoms with Crippen molar-refractivity contribution in [1.29, 1.82) is 0 Å². The van der Waals surface area contributed by atoms with Gasteiger partial charge in [0.05, 0.1) is 34.3 Å². The summed E-state index contributed by atoms with van der Waals surface area (Å²) in [7, 11) is 2.11. The quantitative estimate of drug-likeness (QED) is 0.401. The number of benzene rings is 3. The van der Waals surface area contributed by atoms with E-state index in [9.17, 15) is 9.59 Å². The van der Waals surface area contributed by atoms with Gasteiger partial charge in [0, 0.05) is 18.5 Å². The maximum atomic E-state index is 13.4.